The second-order valence-corrected chi connectivity index (χ2v) is 8.57. The number of hydrogen-bond donors (Lipinski definition) is 2. The Morgan fingerprint density at radius 1 is 1.20 bits per heavy atom. The third-order valence-electron chi connectivity index (χ3n) is 5.78. The van der Waals surface area contributed by atoms with Crippen LogP contribution < -0.4 is 9.47 Å². The number of benzene rings is 2. The number of aliphatic hydroxyl groups is 2. The first-order valence-electron chi connectivity index (χ1n) is 10.6. The molecule has 5 nitrogen and oxygen atoms in total. The Kier molecular flexibility index (Phi) is 6.54. The fourth-order valence-corrected chi connectivity index (χ4v) is 4.69. The van der Waals surface area contributed by atoms with Gasteiger partial charge in [0.05, 0.1) is 36.5 Å². The second kappa shape index (κ2) is 9.15. The van der Waals surface area contributed by atoms with Gasteiger partial charge < -0.3 is 24.4 Å². The quantitative estimate of drug-likeness (QED) is 0.715. The summed E-state index contributed by atoms with van der Waals surface area (Å²) < 4.78 is 17.7. The van der Waals surface area contributed by atoms with Gasteiger partial charge in [0.2, 0.25) is 0 Å². The topological polar surface area (TPSA) is 68.2 Å². The molecule has 2 aromatic rings. The first-order chi connectivity index (χ1) is 14.5. The van der Waals surface area contributed by atoms with Crippen molar-refractivity contribution in [2.45, 2.75) is 63.9 Å². The fraction of sp³-hybridized carbons (Fsp3) is 0.500. The van der Waals surface area contributed by atoms with E-state index in [0.29, 0.717) is 25.9 Å². The smallest absolute Gasteiger partial charge is 0.130 e. The summed E-state index contributed by atoms with van der Waals surface area (Å²) in [7, 11) is 0. The molecule has 6 heteroatoms. The third-order valence-corrected chi connectivity index (χ3v) is 6.25. The van der Waals surface area contributed by atoms with E-state index in [9.17, 15) is 10.2 Å². The molecule has 0 bridgehead atoms. The van der Waals surface area contributed by atoms with Crippen LogP contribution in [0, 0.1) is 0 Å². The molecule has 4 atom stereocenters. The van der Waals surface area contributed by atoms with Crippen molar-refractivity contribution in [2.75, 3.05) is 13.2 Å². The standard InChI is InChI=1S/C24H29ClO5/c1-3-28-18-6-4-15(5-7-18)9-16-10-20(22-12-17(27)11-19(13-26)30-22)24-21(23(16)25)8-14(2)29-24/h4-7,10,14,17,19,22,26-27H,3,8-9,11-13H2,1-2H3. The van der Waals surface area contributed by atoms with Gasteiger partial charge in [-0.1, -0.05) is 23.7 Å². The van der Waals surface area contributed by atoms with E-state index in [1.54, 1.807) is 0 Å². The molecule has 1 fully saturated rings. The Hall–Kier alpha value is -1.79. The van der Waals surface area contributed by atoms with Crippen LogP contribution in [0.4, 0.5) is 0 Å². The van der Waals surface area contributed by atoms with Gasteiger partial charge in [0.25, 0.3) is 0 Å². The molecule has 0 radical (unpaired) electrons. The molecule has 0 saturated carbocycles. The molecule has 2 aliphatic heterocycles. The zero-order valence-electron chi connectivity index (χ0n) is 17.4. The van der Waals surface area contributed by atoms with Gasteiger partial charge >= 0.3 is 0 Å². The fourth-order valence-electron chi connectivity index (χ4n) is 4.40. The maximum absolute atomic E-state index is 10.3. The second-order valence-electron chi connectivity index (χ2n) is 8.19. The van der Waals surface area contributed by atoms with Crippen molar-refractivity contribution in [3.05, 3.63) is 57.6 Å². The lowest BCUT2D eigenvalue weighted by Crippen LogP contribution is -2.33. The van der Waals surface area contributed by atoms with E-state index in [0.717, 1.165) is 45.2 Å². The Balaban J connectivity index is 1.68. The number of fused-ring (bicyclic) bond motifs is 1. The van der Waals surface area contributed by atoms with Gasteiger partial charge in [-0.3, -0.25) is 0 Å². The van der Waals surface area contributed by atoms with Gasteiger partial charge in [-0.2, -0.15) is 0 Å². The van der Waals surface area contributed by atoms with Crippen LogP contribution in [-0.4, -0.2) is 41.7 Å². The lowest BCUT2D eigenvalue weighted by molar-refractivity contribution is -0.114. The molecule has 0 amide bonds. The summed E-state index contributed by atoms with van der Waals surface area (Å²) in [6.07, 6.45) is 1.17. The molecule has 0 aromatic heterocycles. The molecule has 2 N–H and O–H groups in total. The number of aliphatic hydroxyl groups excluding tert-OH is 2. The predicted molar refractivity (Wildman–Crippen MR) is 116 cm³/mol. The molecule has 1 saturated heterocycles. The van der Waals surface area contributed by atoms with Gasteiger partial charge in [0, 0.05) is 30.4 Å². The number of ether oxygens (including phenoxy) is 3. The Labute approximate surface area is 182 Å². The van der Waals surface area contributed by atoms with Crippen molar-refractivity contribution in [1.29, 1.82) is 0 Å². The van der Waals surface area contributed by atoms with Crippen LogP contribution in [0.25, 0.3) is 0 Å². The van der Waals surface area contributed by atoms with Crippen LogP contribution >= 0.6 is 11.6 Å². The minimum absolute atomic E-state index is 0.0409. The molecular formula is C24H29ClO5. The van der Waals surface area contributed by atoms with Crippen molar-refractivity contribution >= 4 is 11.6 Å². The van der Waals surface area contributed by atoms with E-state index in [1.165, 1.54) is 0 Å². The van der Waals surface area contributed by atoms with Gasteiger partial charge in [-0.25, -0.2) is 0 Å². The largest absolute Gasteiger partial charge is 0.494 e. The highest BCUT2D eigenvalue weighted by Gasteiger charge is 2.35. The van der Waals surface area contributed by atoms with E-state index in [1.807, 2.05) is 32.0 Å². The zero-order chi connectivity index (χ0) is 21.3. The average molecular weight is 433 g/mol. The molecule has 4 unspecified atom stereocenters. The van der Waals surface area contributed by atoms with Crippen molar-refractivity contribution in [3.63, 3.8) is 0 Å². The summed E-state index contributed by atoms with van der Waals surface area (Å²) in [4.78, 5) is 0. The summed E-state index contributed by atoms with van der Waals surface area (Å²) in [6, 6.07) is 10.1. The summed E-state index contributed by atoms with van der Waals surface area (Å²) >= 11 is 6.81. The highest BCUT2D eigenvalue weighted by atomic mass is 35.5. The highest BCUT2D eigenvalue weighted by Crippen LogP contribution is 2.46. The molecule has 30 heavy (non-hydrogen) atoms. The maximum atomic E-state index is 10.3. The van der Waals surface area contributed by atoms with Gasteiger partial charge in [0.1, 0.15) is 17.6 Å². The van der Waals surface area contributed by atoms with E-state index in [-0.39, 0.29) is 24.9 Å². The number of hydrogen-bond acceptors (Lipinski definition) is 5. The van der Waals surface area contributed by atoms with Crippen LogP contribution in [0.2, 0.25) is 5.02 Å². The monoisotopic (exact) mass is 432 g/mol. The average Bonchev–Trinajstić information content (AvgIpc) is 3.13. The van der Waals surface area contributed by atoms with Crippen LogP contribution in [0.15, 0.2) is 30.3 Å². The minimum Gasteiger partial charge on any atom is -0.494 e. The van der Waals surface area contributed by atoms with Crippen molar-refractivity contribution in [2.24, 2.45) is 0 Å². The Morgan fingerprint density at radius 3 is 2.67 bits per heavy atom. The van der Waals surface area contributed by atoms with Gasteiger partial charge in [-0.15, -0.1) is 0 Å². The van der Waals surface area contributed by atoms with E-state index in [4.69, 9.17) is 25.8 Å². The summed E-state index contributed by atoms with van der Waals surface area (Å²) in [5, 5.41) is 20.6. The van der Waals surface area contributed by atoms with Crippen molar-refractivity contribution in [1.82, 2.24) is 0 Å². The molecule has 4 rings (SSSR count). The van der Waals surface area contributed by atoms with Crippen molar-refractivity contribution in [3.8, 4) is 11.5 Å². The van der Waals surface area contributed by atoms with Crippen molar-refractivity contribution < 1.29 is 24.4 Å². The maximum Gasteiger partial charge on any atom is 0.130 e. The van der Waals surface area contributed by atoms with Gasteiger partial charge in [-0.05, 0) is 49.6 Å². The zero-order valence-corrected chi connectivity index (χ0v) is 18.2. The Bertz CT molecular complexity index is 882. The lowest BCUT2D eigenvalue weighted by atomic mass is 9.91. The summed E-state index contributed by atoms with van der Waals surface area (Å²) in [6.45, 7) is 4.52. The lowest BCUT2D eigenvalue weighted by Gasteiger charge is -2.33. The van der Waals surface area contributed by atoms with Gasteiger partial charge in [0.15, 0.2) is 0 Å². The molecule has 162 valence electrons. The summed E-state index contributed by atoms with van der Waals surface area (Å²) in [5.41, 5.74) is 4.07. The minimum atomic E-state index is -0.513. The predicted octanol–water partition coefficient (Wildman–Crippen LogP) is 4.23. The van der Waals surface area contributed by atoms with E-state index in [2.05, 4.69) is 12.1 Å². The summed E-state index contributed by atoms with van der Waals surface area (Å²) in [5.74, 6) is 1.63. The SMILES string of the molecule is CCOc1ccc(Cc2cc(C3CC(O)CC(CO)O3)c3c(c2Cl)CC(C)O3)cc1. The third kappa shape index (κ3) is 4.45. The van der Waals surface area contributed by atoms with E-state index < -0.39 is 6.10 Å². The van der Waals surface area contributed by atoms with Crippen LogP contribution in [0.1, 0.15) is 55.0 Å². The number of rotatable bonds is 6. The molecule has 2 aliphatic rings. The normalized spacial score (nSPS) is 25.6. The first kappa shape index (κ1) is 21.4. The number of halogens is 1. The molecule has 0 spiro atoms. The van der Waals surface area contributed by atoms with E-state index >= 15 is 0 Å². The molecular weight excluding hydrogens is 404 g/mol. The van der Waals surface area contributed by atoms with Crippen LogP contribution in [-0.2, 0) is 17.6 Å². The molecule has 0 aliphatic carbocycles. The van der Waals surface area contributed by atoms with Crippen LogP contribution in [0.5, 0.6) is 11.5 Å². The Morgan fingerprint density at radius 2 is 1.97 bits per heavy atom. The first-order valence-corrected chi connectivity index (χ1v) is 11.0. The highest BCUT2D eigenvalue weighted by molar-refractivity contribution is 6.32. The molecule has 2 heterocycles. The molecule has 2 aromatic carbocycles. The van der Waals surface area contributed by atoms with Crippen LogP contribution in [0.3, 0.4) is 0 Å².